The Morgan fingerprint density at radius 1 is 1.40 bits per heavy atom. The first-order chi connectivity index (χ1) is 4.83. The van der Waals surface area contributed by atoms with Crippen LogP contribution in [0.3, 0.4) is 0 Å². The second-order valence-electron chi connectivity index (χ2n) is 2.15. The van der Waals surface area contributed by atoms with Crippen molar-refractivity contribution in [2.75, 3.05) is 5.75 Å². The van der Waals surface area contributed by atoms with E-state index in [0.717, 1.165) is 23.6 Å². The zero-order valence-corrected chi connectivity index (χ0v) is 6.80. The van der Waals surface area contributed by atoms with E-state index in [2.05, 4.69) is 22.6 Å². The van der Waals surface area contributed by atoms with Crippen LogP contribution in [-0.4, -0.2) is 15.7 Å². The maximum Gasteiger partial charge on any atom is 0.129 e. The summed E-state index contributed by atoms with van der Waals surface area (Å²) in [4.78, 5) is 8.22. The first-order valence-corrected chi connectivity index (χ1v) is 3.84. The number of thiol groups is 1. The van der Waals surface area contributed by atoms with Crippen molar-refractivity contribution in [3.63, 3.8) is 0 Å². The molecule has 54 valence electrons. The monoisotopic (exact) mass is 154 g/mol. The normalized spacial score (nSPS) is 9.80. The van der Waals surface area contributed by atoms with Crippen LogP contribution in [-0.2, 0) is 6.42 Å². The zero-order chi connectivity index (χ0) is 7.40. The van der Waals surface area contributed by atoms with Crippen molar-refractivity contribution in [2.45, 2.75) is 13.3 Å². The van der Waals surface area contributed by atoms with Crippen LogP contribution in [0.25, 0.3) is 0 Å². The van der Waals surface area contributed by atoms with Gasteiger partial charge in [-0.15, -0.1) is 0 Å². The minimum Gasteiger partial charge on any atom is -0.241 e. The van der Waals surface area contributed by atoms with E-state index in [-0.39, 0.29) is 0 Å². The summed E-state index contributed by atoms with van der Waals surface area (Å²) in [5.41, 5.74) is 1.10. The Hall–Kier alpha value is -0.570. The minimum atomic E-state index is 0.809. The molecule has 1 aromatic rings. The highest BCUT2D eigenvalue weighted by Gasteiger charge is 1.91. The highest BCUT2D eigenvalue weighted by Crippen LogP contribution is 1.94. The first kappa shape index (κ1) is 7.54. The average Bonchev–Trinajstić information content (AvgIpc) is 1.95. The van der Waals surface area contributed by atoms with E-state index >= 15 is 0 Å². The summed E-state index contributed by atoms with van der Waals surface area (Å²) in [6.45, 7) is 1.98. The summed E-state index contributed by atoms with van der Waals surface area (Å²) >= 11 is 4.08. The molecule has 0 N–H and O–H groups in total. The van der Waals surface area contributed by atoms with Crippen LogP contribution in [0.5, 0.6) is 0 Å². The lowest BCUT2D eigenvalue weighted by molar-refractivity contribution is 0.938. The SMILES string of the molecule is Cc1cnc(CCS)nc1. The van der Waals surface area contributed by atoms with Gasteiger partial charge in [-0.2, -0.15) is 12.6 Å². The van der Waals surface area contributed by atoms with Gasteiger partial charge in [0.2, 0.25) is 0 Å². The molecule has 0 aliphatic carbocycles. The Labute approximate surface area is 66.1 Å². The molecule has 2 nitrogen and oxygen atoms in total. The summed E-state index contributed by atoms with van der Waals surface area (Å²) in [5.74, 6) is 1.68. The lowest BCUT2D eigenvalue weighted by Crippen LogP contribution is -1.94. The fourth-order valence-corrected chi connectivity index (χ4v) is 0.848. The van der Waals surface area contributed by atoms with Crippen LogP contribution in [0.2, 0.25) is 0 Å². The molecule has 0 radical (unpaired) electrons. The molecule has 0 atom stereocenters. The zero-order valence-electron chi connectivity index (χ0n) is 5.91. The fourth-order valence-electron chi connectivity index (χ4n) is 0.648. The summed E-state index contributed by atoms with van der Waals surface area (Å²) in [6.07, 6.45) is 4.50. The van der Waals surface area contributed by atoms with E-state index in [1.54, 1.807) is 0 Å². The molecule has 0 bridgehead atoms. The van der Waals surface area contributed by atoms with Gasteiger partial charge in [-0.25, -0.2) is 9.97 Å². The van der Waals surface area contributed by atoms with Crippen molar-refractivity contribution in [3.05, 3.63) is 23.8 Å². The Bertz CT molecular complexity index is 195. The largest absolute Gasteiger partial charge is 0.241 e. The van der Waals surface area contributed by atoms with Crippen LogP contribution in [0.1, 0.15) is 11.4 Å². The Morgan fingerprint density at radius 2 is 2.00 bits per heavy atom. The van der Waals surface area contributed by atoms with Gasteiger partial charge in [0.15, 0.2) is 0 Å². The summed E-state index contributed by atoms with van der Waals surface area (Å²) in [6, 6.07) is 0. The summed E-state index contributed by atoms with van der Waals surface area (Å²) < 4.78 is 0. The Kier molecular flexibility index (Phi) is 2.68. The number of hydrogen-bond donors (Lipinski definition) is 1. The van der Waals surface area contributed by atoms with Crippen LogP contribution >= 0.6 is 12.6 Å². The summed E-state index contributed by atoms with van der Waals surface area (Å²) in [5, 5.41) is 0. The van der Waals surface area contributed by atoms with E-state index in [1.165, 1.54) is 0 Å². The molecule has 0 fully saturated rings. The summed E-state index contributed by atoms with van der Waals surface area (Å²) in [7, 11) is 0. The molecule has 0 saturated carbocycles. The van der Waals surface area contributed by atoms with Gasteiger partial charge in [-0.05, 0) is 18.2 Å². The van der Waals surface area contributed by atoms with Gasteiger partial charge >= 0.3 is 0 Å². The van der Waals surface area contributed by atoms with E-state index in [0.29, 0.717) is 0 Å². The van der Waals surface area contributed by atoms with Gasteiger partial charge in [0.1, 0.15) is 5.82 Å². The number of aromatic nitrogens is 2. The molecular formula is C7H10N2S. The van der Waals surface area contributed by atoms with E-state index in [9.17, 15) is 0 Å². The molecule has 1 heterocycles. The van der Waals surface area contributed by atoms with Crippen molar-refractivity contribution in [2.24, 2.45) is 0 Å². The van der Waals surface area contributed by atoms with Gasteiger partial charge in [0.05, 0.1) is 0 Å². The van der Waals surface area contributed by atoms with Gasteiger partial charge in [0, 0.05) is 18.8 Å². The Morgan fingerprint density at radius 3 is 2.50 bits per heavy atom. The second kappa shape index (κ2) is 3.56. The quantitative estimate of drug-likeness (QED) is 0.649. The fraction of sp³-hybridized carbons (Fsp3) is 0.429. The molecule has 0 spiro atoms. The lowest BCUT2D eigenvalue weighted by Gasteiger charge is -1.94. The third-order valence-corrected chi connectivity index (χ3v) is 1.39. The molecule has 0 aromatic carbocycles. The Balaban J connectivity index is 2.69. The molecule has 0 amide bonds. The maximum atomic E-state index is 4.11. The van der Waals surface area contributed by atoms with Gasteiger partial charge in [-0.1, -0.05) is 0 Å². The van der Waals surface area contributed by atoms with Crippen LogP contribution < -0.4 is 0 Å². The molecule has 1 aromatic heterocycles. The van der Waals surface area contributed by atoms with Gasteiger partial charge in [-0.3, -0.25) is 0 Å². The number of rotatable bonds is 2. The van der Waals surface area contributed by atoms with Crippen LogP contribution in [0, 0.1) is 6.92 Å². The molecule has 3 heteroatoms. The standard InChI is InChI=1S/C7H10N2S/c1-6-4-8-7(2-3-10)9-5-6/h4-5,10H,2-3H2,1H3. The molecule has 0 saturated heterocycles. The van der Waals surface area contributed by atoms with Crippen molar-refractivity contribution in [1.82, 2.24) is 9.97 Å². The molecule has 0 aliphatic heterocycles. The number of nitrogens with zero attached hydrogens (tertiary/aromatic N) is 2. The highest BCUT2D eigenvalue weighted by atomic mass is 32.1. The van der Waals surface area contributed by atoms with Crippen LogP contribution in [0.4, 0.5) is 0 Å². The molecule has 0 aliphatic rings. The van der Waals surface area contributed by atoms with E-state index in [4.69, 9.17) is 0 Å². The minimum absolute atomic E-state index is 0.809. The smallest absolute Gasteiger partial charge is 0.129 e. The predicted octanol–water partition coefficient (Wildman–Crippen LogP) is 1.26. The second-order valence-corrected chi connectivity index (χ2v) is 2.60. The van der Waals surface area contributed by atoms with Crippen molar-refractivity contribution in [1.29, 1.82) is 0 Å². The highest BCUT2D eigenvalue weighted by molar-refractivity contribution is 7.80. The molecule has 10 heavy (non-hydrogen) atoms. The number of hydrogen-bond acceptors (Lipinski definition) is 3. The first-order valence-electron chi connectivity index (χ1n) is 3.21. The average molecular weight is 154 g/mol. The molecule has 0 unspecified atom stereocenters. The van der Waals surface area contributed by atoms with Crippen molar-refractivity contribution >= 4 is 12.6 Å². The predicted molar refractivity (Wildman–Crippen MR) is 44.3 cm³/mol. The molecule has 1 rings (SSSR count). The third-order valence-electron chi connectivity index (χ3n) is 1.17. The number of aryl methyl sites for hydroxylation is 2. The topological polar surface area (TPSA) is 25.8 Å². The van der Waals surface area contributed by atoms with Gasteiger partial charge < -0.3 is 0 Å². The third kappa shape index (κ3) is 1.99. The van der Waals surface area contributed by atoms with Gasteiger partial charge in [0.25, 0.3) is 0 Å². The van der Waals surface area contributed by atoms with E-state index < -0.39 is 0 Å². The maximum absolute atomic E-state index is 4.11. The lowest BCUT2D eigenvalue weighted by atomic mass is 10.4. The van der Waals surface area contributed by atoms with Crippen molar-refractivity contribution < 1.29 is 0 Å². The van der Waals surface area contributed by atoms with Crippen LogP contribution in [0.15, 0.2) is 12.4 Å². The molecular weight excluding hydrogens is 144 g/mol. The van der Waals surface area contributed by atoms with E-state index in [1.807, 2.05) is 19.3 Å². The van der Waals surface area contributed by atoms with Crippen molar-refractivity contribution in [3.8, 4) is 0 Å².